The monoisotopic (exact) mass is 417 g/mol. The number of halogens is 1. The number of hydrogen-bond acceptors (Lipinski definition) is 4. The van der Waals surface area contributed by atoms with Crippen molar-refractivity contribution >= 4 is 17.6 Å². The first-order chi connectivity index (χ1) is 13.9. The summed E-state index contributed by atoms with van der Waals surface area (Å²) in [4.78, 5) is 15.2. The highest BCUT2D eigenvalue weighted by Gasteiger charge is 2.42. The molecule has 0 radical (unpaired) electrons. The van der Waals surface area contributed by atoms with E-state index >= 15 is 0 Å². The molecule has 1 saturated heterocycles. The van der Waals surface area contributed by atoms with E-state index < -0.39 is 0 Å². The van der Waals surface area contributed by atoms with Crippen molar-refractivity contribution < 1.29 is 9.53 Å². The second-order valence-electron chi connectivity index (χ2n) is 8.09. The number of aryl methyl sites for hydroxylation is 3. The van der Waals surface area contributed by atoms with Gasteiger partial charge < -0.3 is 4.74 Å². The number of nitrogens with zero attached hydrogens (tertiary/aromatic N) is 3. The smallest absolute Gasteiger partial charge is 0.312 e. The Morgan fingerprint density at radius 2 is 1.93 bits per heavy atom. The molecule has 3 rings (SSSR count). The number of rotatable bonds is 8. The van der Waals surface area contributed by atoms with Gasteiger partial charge >= 0.3 is 5.97 Å². The number of piperidine rings is 1. The molecule has 2 heterocycles. The Morgan fingerprint density at radius 3 is 2.52 bits per heavy atom. The van der Waals surface area contributed by atoms with Gasteiger partial charge in [-0.2, -0.15) is 5.10 Å². The lowest BCUT2D eigenvalue weighted by Crippen LogP contribution is -2.45. The van der Waals surface area contributed by atoms with Crippen molar-refractivity contribution in [3.8, 4) is 0 Å². The van der Waals surface area contributed by atoms with Crippen LogP contribution in [0.25, 0.3) is 0 Å². The molecule has 0 bridgehead atoms. The molecule has 2 aromatic rings. The quantitative estimate of drug-likeness (QED) is 0.591. The zero-order chi connectivity index (χ0) is 20.9. The number of carbonyl (C=O) groups excluding carboxylic acids is 1. The molecule has 0 N–H and O–H groups in total. The molecule has 29 heavy (non-hydrogen) atoms. The SMILES string of the molecule is CCOC(=O)C1(CCCc2ccccc2)CCN(Cc2c(C)nn(C)c2Cl)CC1. The molecule has 1 aliphatic rings. The molecule has 158 valence electrons. The van der Waals surface area contributed by atoms with E-state index in [0.29, 0.717) is 11.8 Å². The number of esters is 1. The molecule has 0 amide bonds. The summed E-state index contributed by atoms with van der Waals surface area (Å²) < 4.78 is 7.22. The number of benzene rings is 1. The van der Waals surface area contributed by atoms with Crippen LogP contribution in [0.2, 0.25) is 5.15 Å². The lowest BCUT2D eigenvalue weighted by atomic mass is 9.74. The summed E-state index contributed by atoms with van der Waals surface area (Å²) in [7, 11) is 1.87. The molecule has 1 aliphatic heterocycles. The predicted molar refractivity (Wildman–Crippen MR) is 116 cm³/mol. The van der Waals surface area contributed by atoms with Crippen LogP contribution >= 0.6 is 11.6 Å². The zero-order valence-electron chi connectivity index (χ0n) is 17.8. The minimum absolute atomic E-state index is 0.0247. The maximum absolute atomic E-state index is 12.9. The van der Waals surface area contributed by atoms with E-state index in [0.717, 1.165) is 63.0 Å². The van der Waals surface area contributed by atoms with Crippen LogP contribution < -0.4 is 0 Å². The van der Waals surface area contributed by atoms with Crippen molar-refractivity contribution in [1.29, 1.82) is 0 Å². The van der Waals surface area contributed by atoms with E-state index in [1.165, 1.54) is 5.56 Å². The molecule has 1 aromatic carbocycles. The van der Waals surface area contributed by atoms with Gasteiger partial charge in [0.2, 0.25) is 0 Å². The fraction of sp³-hybridized carbons (Fsp3) is 0.565. The number of aromatic nitrogens is 2. The Balaban J connectivity index is 1.62. The molecule has 0 saturated carbocycles. The summed E-state index contributed by atoms with van der Waals surface area (Å²) in [5.41, 5.74) is 3.02. The van der Waals surface area contributed by atoms with Crippen molar-refractivity contribution in [2.75, 3.05) is 19.7 Å². The molecular weight excluding hydrogens is 386 g/mol. The highest BCUT2D eigenvalue weighted by Crippen LogP contribution is 2.39. The summed E-state index contributed by atoms with van der Waals surface area (Å²) >= 11 is 6.41. The second-order valence-corrected chi connectivity index (χ2v) is 8.45. The number of likely N-dealkylation sites (tertiary alicyclic amines) is 1. The van der Waals surface area contributed by atoms with E-state index in [4.69, 9.17) is 16.3 Å². The summed E-state index contributed by atoms with van der Waals surface area (Å²) in [6, 6.07) is 10.5. The highest BCUT2D eigenvalue weighted by molar-refractivity contribution is 6.30. The molecule has 5 nitrogen and oxygen atoms in total. The van der Waals surface area contributed by atoms with E-state index in [2.05, 4.69) is 34.3 Å². The van der Waals surface area contributed by atoms with Gasteiger partial charge in [0.1, 0.15) is 5.15 Å². The van der Waals surface area contributed by atoms with Crippen molar-refractivity contribution in [2.24, 2.45) is 12.5 Å². The first-order valence-corrected chi connectivity index (χ1v) is 10.9. The molecule has 0 aliphatic carbocycles. The van der Waals surface area contributed by atoms with Gasteiger partial charge in [-0.25, -0.2) is 0 Å². The third kappa shape index (κ3) is 5.20. The highest BCUT2D eigenvalue weighted by atomic mass is 35.5. The van der Waals surface area contributed by atoms with Gasteiger partial charge in [0, 0.05) is 19.2 Å². The van der Waals surface area contributed by atoms with E-state index in [9.17, 15) is 4.79 Å². The van der Waals surface area contributed by atoms with Crippen LogP contribution in [0.5, 0.6) is 0 Å². The third-order valence-corrected chi connectivity index (χ3v) is 6.61. The van der Waals surface area contributed by atoms with Gasteiger partial charge in [0.25, 0.3) is 0 Å². The number of ether oxygens (including phenoxy) is 1. The number of carbonyl (C=O) groups is 1. The van der Waals surface area contributed by atoms with Crippen LogP contribution in [0.15, 0.2) is 30.3 Å². The van der Waals surface area contributed by atoms with Crippen molar-refractivity contribution in [2.45, 2.75) is 52.5 Å². The summed E-state index contributed by atoms with van der Waals surface area (Å²) in [5.74, 6) is -0.0247. The van der Waals surface area contributed by atoms with Crippen LogP contribution in [-0.4, -0.2) is 40.3 Å². The molecule has 1 aromatic heterocycles. The van der Waals surface area contributed by atoms with E-state index in [1.807, 2.05) is 27.0 Å². The van der Waals surface area contributed by atoms with Crippen molar-refractivity contribution in [1.82, 2.24) is 14.7 Å². The Morgan fingerprint density at radius 1 is 1.24 bits per heavy atom. The lowest BCUT2D eigenvalue weighted by molar-refractivity contribution is -0.159. The van der Waals surface area contributed by atoms with Gasteiger partial charge in [-0.1, -0.05) is 41.9 Å². The second kappa shape index (κ2) is 9.77. The standard InChI is InChI=1S/C23H32ClN3O2/c1-4-29-22(28)23(12-8-11-19-9-6-5-7-10-19)13-15-27(16-14-23)17-20-18(2)25-26(3)21(20)24/h5-7,9-10H,4,8,11-17H2,1-3H3. The fourth-order valence-electron chi connectivity index (χ4n) is 4.33. The molecular formula is C23H32ClN3O2. The number of hydrogen-bond donors (Lipinski definition) is 0. The normalized spacial score (nSPS) is 16.7. The summed E-state index contributed by atoms with van der Waals surface area (Å²) in [6.07, 6.45) is 4.53. The zero-order valence-corrected chi connectivity index (χ0v) is 18.5. The average molecular weight is 418 g/mol. The lowest BCUT2D eigenvalue weighted by Gasteiger charge is -2.40. The van der Waals surface area contributed by atoms with Crippen molar-refractivity contribution in [3.63, 3.8) is 0 Å². The molecule has 0 atom stereocenters. The van der Waals surface area contributed by atoms with Gasteiger partial charge in [-0.05, 0) is 64.6 Å². The Kier molecular flexibility index (Phi) is 7.36. The minimum Gasteiger partial charge on any atom is -0.466 e. The summed E-state index contributed by atoms with van der Waals surface area (Å²) in [6.45, 7) is 6.84. The summed E-state index contributed by atoms with van der Waals surface area (Å²) in [5, 5.41) is 5.11. The van der Waals surface area contributed by atoms with Crippen LogP contribution in [0.1, 0.15) is 49.4 Å². The van der Waals surface area contributed by atoms with Gasteiger partial charge in [0.15, 0.2) is 0 Å². The van der Waals surface area contributed by atoms with Gasteiger partial charge in [-0.15, -0.1) is 0 Å². The first-order valence-electron chi connectivity index (χ1n) is 10.6. The molecule has 6 heteroatoms. The van der Waals surface area contributed by atoms with Crippen LogP contribution in [0.4, 0.5) is 0 Å². The van der Waals surface area contributed by atoms with Gasteiger partial charge in [-0.3, -0.25) is 14.4 Å². The van der Waals surface area contributed by atoms with Crippen molar-refractivity contribution in [3.05, 3.63) is 52.3 Å². The largest absolute Gasteiger partial charge is 0.466 e. The van der Waals surface area contributed by atoms with Crippen LogP contribution in [-0.2, 0) is 29.5 Å². The minimum atomic E-state index is -0.366. The first kappa shape index (κ1) is 21.8. The predicted octanol–water partition coefficient (Wildman–Crippen LogP) is 4.55. The maximum Gasteiger partial charge on any atom is 0.312 e. The maximum atomic E-state index is 12.9. The van der Waals surface area contributed by atoms with Crippen LogP contribution in [0, 0.1) is 12.3 Å². The Labute approximate surface area is 179 Å². The molecule has 1 fully saturated rings. The Bertz CT molecular complexity index is 811. The fourth-order valence-corrected chi connectivity index (χ4v) is 4.57. The van der Waals surface area contributed by atoms with Gasteiger partial charge in [0.05, 0.1) is 17.7 Å². The molecule has 0 unspecified atom stereocenters. The third-order valence-electron chi connectivity index (χ3n) is 6.14. The molecule has 0 spiro atoms. The Hall–Kier alpha value is -1.85. The van der Waals surface area contributed by atoms with Crippen LogP contribution in [0.3, 0.4) is 0 Å². The average Bonchev–Trinajstić information content (AvgIpc) is 2.96. The van der Waals surface area contributed by atoms with E-state index in [1.54, 1.807) is 4.68 Å². The van der Waals surface area contributed by atoms with E-state index in [-0.39, 0.29) is 11.4 Å². The topological polar surface area (TPSA) is 47.4 Å².